The van der Waals surface area contributed by atoms with Crippen LogP contribution >= 0.6 is 0 Å². The molecular weight excluding hydrogens is 272 g/mol. The average Bonchev–Trinajstić information content (AvgIpc) is 2.73. The average molecular weight is 284 g/mol. The Morgan fingerprint density at radius 3 is 2.57 bits per heavy atom. The Bertz CT molecular complexity index is 713. The van der Waals surface area contributed by atoms with Gasteiger partial charge in [-0.25, -0.2) is 9.69 Å². The second kappa shape index (κ2) is 5.59. The predicted molar refractivity (Wildman–Crippen MR) is 73.8 cm³/mol. The summed E-state index contributed by atoms with van der Waals surface area (Å²) < 4.78 is 4.79. The quantitative estimate of drug-likeness (QED) is 0.465. The number of hydrogen-bond acceptors (Lipinski definition) is 5. The highest BCUT2D eigenvalue weighted by Crippen LogP contribution is 2.38. The number of rotatable bonds is 2. The van der Waals surface area contributed by atoms with Crippen LogP contribution in [0.5, 0.6) is 0 Å². The molecule has 1 aliphatic rings. The predicted octanol–water partition coefficient (Wildman–Crippen LogP) is 1.42. The van der Waals surface area contributed by atoms with Crippen LogP contribution in [0.15, 0.2) is 29.8 Å². The fourth-order valence-electron chi connectivity index (χ4n) is 2.18. The normalized spacial score (nSPS) is 15.3. The lowest BCUT2D eigenvalue weighted by molar-refractivity contribution is -0.138. The molecule has 1 aliphatic heterocycles. The van der Waals surface area contributed by atoms with Gasteiger partial charge in [0.2, 0.25) is 5.91 Å². The Balaban J connectivity index is 2.70. The summed E-state index contributed by atoms with van der Waals surface area (Å²) in [6, 6.07) is 8.21. The van der Waals surface area contributed by atoms with E-state index in [4.69, 9.17) is 4.74 Å². The minimum absolute atomic E-state index is 0.0869. The number of esters is 1. The maximum Gasteiger partial charge on any atom is 0.349 e. The second-order valence-corrected chi connectivity index (χ2v) is 4.26. The fourth-order valence-corrected chi connectivity index (χ4v) is 2.18. The molecule has 0 saturated carbocycles. The number of benzene rings is 1. The van der Waals surface area contributed by atoms with E-state index in [1.54, 1.807) is 37.3 Å². The Kier molecular flexibility index (Phi) is 3.85. The molecule has 1 aromatic rings. The second-order valence-electron chi connectivity index (χ2n) is 4.26. The number of para-hydroxylation sites is 1. The number of carbonyl (C=O) groups is 3. The molecule has 0 N–H and O–H groups in total. The number of anilines is 1. The SMILES string of the molecule is CCOC(=O)/C(C#N)=C1/C(=O)N(C(C)=O)c2ccccc21. The first-order chi connectivity index (χ1) is 10.0. The summed E-state index contributed by atoms with van der Waals surface area (Å²) in [6.07, 6.45) is 0. The molecule has 1 aromatic carbocycles. The van der Waals surface area contributed by atoms with Gasteiger partial charge in [0.1, 0.15) is 6.07 Å². The van der Waals surface area contributed by atoms with Crippen molar-refractivity contribution >= 4 is 29.0 Å². The van der Waals surface area contributed by atoms with Crippen LogP contribution in [0.2, 0.25) is 0 Å². The maximum absolute atomic E-state index is 12.4. The van der Waals surface area contributed by atoms with Crippen molar-refractivity contribution in [2.75, 3.05) is 11.5 Å². The molecular formula is C15H12N2O4. The number of imide groups is 1. The summed E-state index contributed by atoms with van der Waals surface area (Å²) in [4.78, 5) is 36.8. The number of amides is 2. The highest BCUT2D eigenvalue weighted by atomic mass is 16.5. The molecule has 1 heterocycles. The first-order valence-electron chi connectivity index (χ1n) is 6.28. The summed E-state index contributed by atoms with van der Waals surface area (Å²) in [5.41, 5.74) is 0.254. The van der Waals surface area contributed by atoms with E-state index >= 15 is 0 Å². The van der Waals surface area contributed by atoms with Crippen molar-refractivity contribution in [3.05, 3.63) is 35.4 Å². The lowest BCUT2D eigenvalue weighted by Crippen LogP contribution is -2.31. The van der Waals surface area contributed by atoms with Crippen molar-refractivity contribution in [3.8, 4) is 6.07 Å². The van der Waals surface area contributed by atoms with Gasteiger partial charge in [0.15, 0.2) is 5.57 Å². The van der Waals surface area contributed by atoms with E-state index in [1.807, 2.05) is 0 Å². The van der Waals surface area contributed by atoms with Gasteiger partial charge in [-0.15, -0.1) is 0 Å². The van der Waals surface area contributed by atoms with Crippen LogP contribution in [0.1, 0.15) is 19.4 Å². The molecule has 0 fully saturated rings. The Labute approximate surface area is 121 Å². The molecule has 2 rings (SSSR count). The molecule has 0 unspecified atom stereocenters. The van der Waals surface area contributed by atoms with Crippen molar-refractivity contribution in [1.82, 2.24) is 0 Å². The molecule has 0 aliphatic carbocycles. The number of nitriles is 1. The fraction of sp³-hybridized carbons (Fsp3) is 0.200. The summed E-state index contributed by atoms with van der Waals surface area (Å²) in [5.74, 6) is -2.04. The molecule has 0 spiro atoms. The van der Waals surface area contributed by atoms with Crippen molar-refractivity contribution in [2.45, 2.75) is 13.8 Å². The number of fused-ring (bicyclic) bond motifs is 1. The highest BCUT2D eigenvalue weighted by molar-refractivity contribution is 6.42. The molecule has 0 atom stereocenters. The van der Waals surface area contributed by atoms with Gasteiger partial charge in [0.05, 0.1) is 17.9 Å². The van der Waals surface area contributed by atoms with Gasteiger partial charge in [-0.2, -0.15) is 5.26 Å². The number of ether oxygens (including phenoxy) is 1. The third kappa shape index (κ3) is 2.30. The summed E-state index contributed by atoms with van der Waals surface area (Å²) in [5, 5.41) is 9.19. The summed E-state index contributed by atoms with van der Waals surface area (Å²) >= 11 is 0. The van der Waals surface area contributed by atoms with E-state index in [0.29, 0.717) is 11.3 Å². The Morgan fingerprint density at radius 2 is 2.00 bits per heavy atom. The summed E-state index contributed by atoms with van der Waals surface area (Å²) in [6.45, 7) is 2.93. The van der Waals surface area contributed by atoms with Gasteiger partial charge < -0.3 is 4.74 Å². The molecule has 0 radical (unpaired) electrons. The van der Waals surface area contributed by atoms with Crippen molar-refractivity contribution in [3.63, 3.8) is 0 Å². The van der Waals surface area contributed by atoms with E-state index in [-0.39, 0.29) is 12.2 Å². The molecule has 6 heteroatoms. The van der Waals surface area contributed by atoms with Crippen LogP contribution in [0, 0.1) is 11.3 Å². The zero-order chi connectivity index (χ0) is 15.6. The molecule has 21 heavy (non-hydrogen) atoms. The summed E-state index contributed by atoms with van der Waals surface area (Å²) in [7, 11) is 0. The van der Waals surface area contributed by atoms with E-state index in [9.17, 15) is 19.6 Å². The van der Waals surface area contributed by atoms with Gasteiger partial charge in [-0.05, 0) is 13.0 Å². The van der Waals surface area contributed by atoms with E-state index in [2.05, 4.69) is 0 Å². The Morgan fingerprint density at radius 1 is 1.33 bits per heavy atom. The molecule has 6 nitrogen and oxygen atoms in total. The van der Waals surface area contributed by atoms with Crippen LogP contribution in [-0.4, -0.2) is 24.4 Å². The third-order valence-corrected chi connectivity index (χ3v) is 2.99. The smallest absolute Gasteiger partial charge is 0.349 e. The van der Waals surface area contributed by atoms with Gasteiger partial charge in [-0.1, -0.05) is 18.2 Å². The number of carbonyl (C=O) groups excluding carboxylic acids is 3. The van der Waals surface area contributed by atoms with Crippen molar-refractivity contribution in [1.29, 1.82) is 5.26 Å². The van der Waals surface area contributed by atoms with Crippen LogP contribution in [0.25, 0.3) is 5.57 Å². The van der Waals surface area contributed by atoms with Gasteiger partial charge in [0.25, 0.3) is 5.91 Å². The van der Waals surface area contributed by atoms with Gasteiger partial charge in [0, 0.05) is 12.5 Å². The van der Waals surface area contributed by atoms with E-state index in [1.165, 1.54) is 6.92 Å². The zero-order valence-corrected chi connectivity index (χ0v) is 11.5. The van der Waals surface area contributed by atoms with Crippen LogP contribution in [-0.2, 0) is 19.1 Å². The van der Waals surface area contributed by atoms with E-state index in [0.717, 1.165) is 4.90 Å². The standard InChI is InChI=1S/C15H12N2O4/c1-3-21-15(20)11(8-16)13-10-6-4-5-7-12(10)17(9(2)18)14(13)19/h4-7H,3H2,1-2H3/b13-11+. The highest BCUT2D eigenvalue weighted by Gasteiger charge is 2.38. The topological polar surface area (TPSA) is 87.5 Å². The lowest BCUT2D eigenvalue weighted by Gasteiger charge is -2.11. The molecule has 0 saturated heterocycles. The first-order valence-corrected chi connectivity index (χ1v) is 6.28. The number of nitrogens with zero attached hydrogens (tertiary/aromatic N) is 2. The minimum Gasteiger partial charge on any atom is -0.462 e. The van der Waals surface area contributed by atoms with Gasteiger partial charge >= 0.3 is 5.97 Å². The molecule has 0 bridgehead atoms. The Hall–Kier alpha value is -2.94. The third-order valence-electron chi connectivity index (χ3n) is 2.99. The van der Waals surface area contributed by atoms with Crippen molar-refractivity contribution < 1.29 is 19.1 Å². The maximum atomic E-state index is 12.4. The largest absolute Gasteiger partial charge is 0.462 e. The lowest BCUT2D eigenvalue weighted by atomic mass is 10.0. The first kappa shape index (κ1) is 14.5. The van der Waals surface area contributed by atoms with E-state index < -0.39 is 23.4 Å². The molecule has 2 amide bonds. The minimum atomic E-state index is -0.872. The molecule has 106 valence electrons. The monoisotopic (exact) mass is 284 g/mol. The van der Waals surface area contributed by atoms with Gasteiger partial charge in [-0.3, -0.25) is 9.59 Å². The van der Waals surface area contributed by atoms with Crippen molar-refractivity contribution in [2.24, 2.45) is 0 Å². The zero-order valence-electron chi connectivity index (χ0n) is 11.5. The van der Waals surface area contributed by atoms with Crippen LogP contribution in [0.3, 0.4) is 0 Å². The van der Waals surface area contributed by atoms with Crippen LogP contribution < -0.4 is 4.90 Å². The molecule has 0 aromatic heterocycles. The number of hydrogen-bond donors (Lipinski definition) is 0. The van der Waals surface area contributed by atoms with Crippen LogP contribution in [0.4, 0.5) is 5.69 Å².